The van der Waals surface area contributed by atoms with Crippen molar-refractivity contribution >= 4 is 5.97 Å². The minimum Gasteiger partial charge on any atom is -0.435 e. The third kappa shape index (κ3) is 7.43. The number of ether oxygens (including phenoxy) is 2. The van der Waals surface area contributed by atoms with Crippen LogP contribution in [0.25, 0.3) is 0 Å². The molecule has 3 aliphatic carbocycles. The summed E-state index contributed by atoms with van der Waals surface area (Å²) < 4.78 is 34.8. The van der Waals surface area contributed by atoms with E-state index in [9.17, 15) is 13.6 Å². The van der Waals surface area contributed by atoms with Crippen LogP contribution in [0.15, 0.2) is 24.3 Å². The van der Waals surface area contributed by atoms with Crippen LogP contribution in [0.2, 0.25) is 0 Å². The molecule has 0 N–H and O–H groups in total. The first-order valence-electron chi connectivity index (χ1n) is 14.3. The lowest BCUT2D eigenvalue weighted by molar-refractivity contribution is -0.144. The van der Waals surface area contributed by atoms with Gasteiger partial charge in [0.2, 0.25) is 0 Å². The third-order valence-corrected chi connectivity index (χ3v) is 9.28. The zero-order chi connectivity index (χ0) is 24.6. The van der Waals surface area contributed by atoms with Gasteiger partial charge in [-0.05, 0) is 92.4 Å². The highest BCUT2D eigenvalue weighted by molar-refractivity contribution is 5.75. The maximum atomic E-state index is 13.1. The van der Waals surface area contributed by atoms with E-state index in [4.69, 9.17) is 4.74 Å². The predicted molar refractivity (Wildman–Crippen MR) is 135 cm³/mol. The van der Waals surface area contributed by atoms with E-state index in [0.717, 1.165) is 37.0 Å². The summed E-state index contributed by atoms with van der Waals surface area (Å²) in [5.41, 5.74) is 0. The number of carbonyl (C=O) groups excluding carboxylic acids is 1. The summed E-state index contributed by atoms with van der Waals surface area (Å²) in [6.07, 6.45) is 19.6. The summed E-state index contributed by atoms with van der Waals surface area (Å²) >= 11 is 0. The molecule has 0 radical (unpaired) electrons. The average Bonchev–Trinajstić information content (AvgIpc) is 2.87. The van der Waals surface area contributed by atoms with E-state index < -0.39 is 6.61 Å². The summed E-state index contributed by atoms with van der Waals surface area (Å²) in [5.74, 6) is 4.07. The minimum absolute atomic E-state index is 0.0365. The molecule has 1 aromatic rings. The molecule has 5 heteroatoms. The van der Waals surface area contributed by atoms with E-state index in [1.54, 1.807) is 0 Å². The SMILES string of the molecule is CCCCCCC1CCC(C2CCC3C(CCCC3C(=O)Oc3ccc(OC(F)F)cc3)C2)CC1. The number of rotatable bonds is 10. The highest BCUT2D eigenvalue weighted by Gasteiger charge is 2.43. The second-order valence-electron chi connectivity index (χ2n) is 11.4. The molecule has 0 aromatic heterocycles. The Morgan fingerprint density at radius 3 is 2.29 bits per heavy atom. The van der Waals surface area contributed by atoms with Gasteiger partial charge in [0, 0.05) is 0 Å². The predicted octanol–water partition coefficient (Wildman–Crippen LogP) is 8.80. The number of hydrogen-bond donors (Lipinski definition) is 0. The molecule has 4 atom stereocenters. The Hall–Kier alpha value is -1.65. The number of esters is 1. The van der Waals surface area contributed by atoms with Crippen LogP contribution in [0.4, 0.5) is 8.78 Å². The smallest absolute Gasteiger partial charge is 0.387 e. The lowest BCUT2D eigenvalue weighted by Crippen LogP contribution is -2.40. The average molecular weight is 491 g/mol. The highest BCUT2D eigenvalue weighted by Crippen LogP contribution is 2.50. The summed E-state index contributed by atoms with van der Waals surface area (Å²) in [6.45, 7) is -0.574. The fourth-order valence-corrected chi connectivity index (χ4v) is 7.41. The molecule has 4 unspecified atom stereocenters. The lowest BCUT2D eigenvalue weighted by atomic mass is 9.59. The van der Waals surface area contributed by atoms with Crippen molar-refractivity contribution in [2.24, 2.45) is 35.5 Å². The van der Waals surface area contributed by atoms with Gasteiger partial charge in [-0.15, -0.1) is 0 Å². The largest absolute Gasteiger partial charge is 0.435 e. The number of hydrogen-bond acceptors (Lipinski definition) is 3. The molecule has 3 fully saturated rings. The molecular formula is C30H44F2O3. The second-order valence-corrected chi connectivity index (χ2v) is 11.4. The number of alkyl halides is 2. The Morgan fingerprint density at radius 1 is 0.857 bits per heavy atom. The van der Waals surface area contributed by atoms with Gasteiger partial charge in [-0.2, -0.15) is 8.78 Å². The van der Waals surface area contributed by atoms with Crippen molar-refractivity contribution in [3.63, 3.8) is 0 Å². The molecule has 35 heavy (non-hydrogen) atoms. The summed E-state index contributed by atoms with van der Waals surface area (Å²) in [7, 11) is 0. The van der Waals surface area contributed by atoms with Crippen molar-refractivity contribution in [3.05, 3.63) is 24.3 Å². The van der Waals surface area contributed by atoms with Crippen LogP contribution in [0.5, 0.6) is 11.5 Å². The summed E-state index contributed by atoms with van der Waals surface area (Å²) in [5, 5.41) is 0. The maximum absolute atomic E-state index is 13.1. The van der Waals surface area contributed by atoms with Gasteiger partial charge in [-0.1, -0.05) is 64.7 Å². The Balaban J connectivity index is 1.24. The summed E-state index contributed by atoms with van der Waals surface area (Å²) in [4.78, 5) is 13.1. The Kier molecular flexibility index (Phi) is 9.85. The Bertz CT molecular complexity index is 772. The van der Waals surface area contributed by atoms with Gasteiger partial charge in [-0.25, -0.2) is 0 Å². The summed E-state index contributed by atoms with van der Waals surface area (Å²) in [6, 6.07) is 5.91. The number of carbonyl (C=O) groups is 1. The van der Waals surface area contributed by atoms with Gasteiger partial charge in [0.25, 0.3) is 0 Å². The highest BCUT2D eigenvalue weighted by atomic mass is 19.3. The van der Waals surface area contributed by atoms with E-state index in [1.165, 1.54) is 101 Å². The zero-order valence-corrected chi connectivity index (χ0v) is 21.4. The molecule has 0 aliphatic heterocycles. The molecule has 4 rings (SSSR count). The van der Waals surface area contributed by atoms with Crippen LogP contribution in [0.1, 0.15) is 103 Å². The van der Waals surface area contributed by atoms with E-state index in [-0.39, 0.29) is 17.6 Å². The van der Waals surface area contributed by atoms with Gasteiger partial charge < -0.3 is 9.47 Å². The molecule has 3 aliphatic rings. The van der Waals surface area contributed by atoms with Crippen LogP contribution in [-0.2, 0) is 4.79 Å². The fourth-order valence-electron chi connectivity index (χ4n) is 7.41. The molecule has 0 bridgehead atoms. The quantitative estimate of drug-likeness (QED) is 0.187. The maximum Gasteiger partial charge on any atom is 0.387 e. The van der Waals surface area contributed by atoms with Gasteiger partial charge in [0.1, 0.15) is 11.5 Å². The van der Waals surface area contributed by atoms with Crippen LogP contribution < -0.4 is 9.47 Å². The normalized spacial score (nSPS) is 31.1. The standard InChI is InChI=1S/C30H44F2O3/c1-2-3-4-5-7-21-10-12-22(13-11-21)23-14-19-27-24(20-23)8-6-9-28(27)29(33)34-25-15-17-26(18-16-25)35-30(31)32/h15-18,21-24,27-28,30H,2-14,19-20H2,1H3. The van der Waals surface area contributed by atoms with Gasteiger partial charge in [0.05, 0.1) is 5.92 Å². The number of unbranched alkanes of at least 4 members (excludes halogenated alkanes) is 3. The first kappa shape index (κ1) is 26.4. The van der Waals surface area contributed by atoms with Crippen LogP contribution >= 0.6 is 0 Å². The number of halogens is 2. The topological polar surface area (TPSA) is 35.5 Å². The molecule has 0 saturated heterocycles. The lowest BCUT2D eigenvalue weighted by Gasteiger charge is -2.46. The van der Waals surface area contributed by atoms with E-state index >= 15 is 0 Å². The second kappa shape index (κ2) is 13.1. The van der Waals surface area contributed by atoms with Crippen LogP contribution in [0, 0.1) is 35.5 Å². The van der Waals surface area contributed by atoms with Crippen molar-refractivity contribution in [1.82, 2.24) is 0 Å². The molecule has 0 spiro atoms. The third-order valence-electron chi connectivity index (χ3n) is 9.28. The number of benzene rings is 1. The van der Waals surface area contributed by atoms with Crippen molar-refractivity contribution in [3.8, 4) is 11.5 Å². The monoisotopic (exact) mass is 490 g/mol. The van der Waals surface area contributed by atoms with E-state index in [1.807, 2.05) is 0 Å². The van der Waals surface area contributed by atoms with E-state index in [0.29, 0.717) is 17.6 Å². The van der Waals surface area contributed by atoms with Gasteiger partial charge in [-0.3, -0.25) is 4.79 Å². The van der Waals surface area contributed by atoms with Crippen molar-refractivity contribution < 1.29 is 23.0 Å². The van der Waals surface area contributed by atoms with Gasteiger partial charge >= 0.3 is 12.6 Å². The Morgan fingerprint density at radius 2 is 1.57 bits per heavy atom. The van der Waals surface area contributed by atoms with Crippen molar-refractivity contribution in [2.75, 3.05) is 0 Å². The molecule has 0 heterocycles. The number of fused-ring (bicyclic) bond motifs is 1. The minimum atomic E-state index is -2.86. The van der Waals surface area contributed by atoms with Gasteiger partial charge in [0.15, 0.2) is 0 Å². The molecule has 3 nitrogen and oxygen atoms in total. The van der Waals surface area contributed by atoms with Crippen LogP contribution in [-0.4, -0.2) is 12.6 Å². The van der Waals surface area contributed by atoms with Crippen LogP contribution in [0.3, 0.4) is 0 Å². The molecule has 0 amide bonds. The zero-order valence-electron chi connectivity index (χ0n) is 21.4. The first-order chi connectivity index (χ1) is 17.0. The fraction of sp³-hybridized carbons (Fsp3) is 0.767. The van der Waals surface area contributed by atoms with Crippen molar-refractivity contribution in [2.45, 2.75) is 110 Å². The molecule has 3 saturated carbocycles. The molecule has 1 aromatic carbocycles. The first-order valence-corrected chi connectivity index (χ1v) is 14.3. The van der Waals surface area contributed by atoms with E-state index in [2.05, 4.69) is 11.7 Å². The van der Waals surface area contributed by atoms with Crippen molar-refractivity contribution in [1.29, 1.82) is 0 Å². The Labute approximate surface area is 210 Å². The molecule has 196 valence electrons. The molecular weight excluding hydrogens is 446 g/mol.